The van der Waals surface area contributed by atoms with E-state index in [1.807, 2.05) is 45.0 Å². The predicted octanol–water partition coefficient (Wildman–Crippen LogP) is 5.20. The van der Waals surface area contributed by atoms with Crippen molar-refractivity contribution in [2.24, 2.45) is 0 Å². The monoisotopic (exact) mass is 580 g/mol. The molecule has 3 heterocycles. The van der Waals surface area contributed by atoms with E-state index in [4.69, 9.17) is 14.5 Å². The van der Waals surface area contributed by atoms with Crippen molar-refractivity contribution >= 4 is 28.6 Å². The summed E-state index contributed by atoms with van der Waals surface area (Å²) in [6, 6.07) is 11.2. The molecule has 0 aliphatic carbocycles. The highest BCUT2D eigenvalue weighted by molar-refractivity contribution is 5.80. The van der Waals surface area contributed by atoms with Crippen molar-refractivity contribution in [3.05, 3.63) is 53.9 Å². The lowest BCUT2D eigenvalue weighted by molar-refractivity contribution is -0.156. The molecule has 0 saturated heterocycles. The van der Waals surface area contributed by atoms with Crippen molar-refractivity contribution in [2.45, 2.75) is 77.1 Å². The average molecular weight is 581 g/mol. The third-order valence-corrected chi connectivity index (χ3v) is 7.11. The van der Waals surface area contributed by atoms with E-state index in [0.29, 0.717) is 25.3 Å². The summed E-state index contributed by atoms with van der Waals surface area (Å²) >= 11 is 0. The number of pyridine rings is 1. The number of methoxy groups -OCH3 is 1. The minimum Gasteiger partial charge on any atom is -0.458 e. The van der Waals surface area contributed by atoms with Gasteiger partial charge in [-0.3, -0.25) is 4.98 Å². The molecule has 1 aliphatic heterocycles. The number of carbonyl (C=O) groups excluding carboxylic acids is 1. The number of halogens is 1. The minimum absolute atomic E-state index is 0.0307. The van der Waals surface area contributed by atoms with Crippen LogP contribution in [0.4, 0.5) is 16.0 Å². The topological polar surface area (TPSA) is 102 Å². The summed E-state index contributed by atoms with van der Waals surface area (Å²) in [6.45, 7) is 7.96. The van der Waals surface area contributed by atoms with Gasteiger partial charge in [-0.25, -0.2) is 19.2 Å². The SMILES string of the molecule is COCC(F)CN(CCCCc1ccc2c(n1)NCCC2)CCC(Nc1cnc2ccccc2n1)C(=O)OC(C)(C)C. The highest BCUT2D eigenvalue weighted by Gasteiger charge is 2.27. The molecule has 0 radical (unpaired) electrons. The van der Waals surface area contributed by atoms with Crippen molar-refractivity contribution in [3.63, 3.8) is 0 Å². The molecular formula is C32H45FN6O3. The van der Waals surface area contributed by atoms with Crippen molar-refractivity contribution in [2.75, 3.05) is 50.5 Å². The van der Waals surface area contributed by atoms with Gasteiger partial charge in [-0.1, -0.05) is 18.2 Å². The van der Waals surface area contributed by atoms with Crippen LogP contribution in [0.15, 0.2) is 42.6 Å². The predicted molar refractivity (Wildman–Crippen MR) is 165 cm³/mol. The largest absolute Gasteiger partial charge is 0.458 e. The maximum absolute atomic E-state index is 14.7. The maximum Gasteiger partial charge on any atom is 0.329 e. The smallest absolute Gasteiger partial charge is 0.329 e. The summed E-state index contributed by atoms with van der Waals surface area (Å²) in [5.41, 5.74) is 3.22. The molecule has 228 valence electrons. The fourth-order valence-corrected chi connectivity index (χ4v) is 5.10. The van der Waals surface area contributed by atoms with Crippen LogP contribution in [-0.2, 0) is 27.1 Å². The quantitative estimate of drug-likeness (QED) is 0.185. The van der Waals surface area contributed by atoms with Crippen LogP contribution >= 0.6 is 0 Å². The number of hydrogen-bond donors (Lipinski definition) is 2. The number of unbranched alkanes of at least 4 members (excludes halogenated alkanes) is 1. The van der Waals surface area contributed by atoms with Crippen LogP contribution in [0.2, 0.25) is 0 Å². The van der Waals surface area contributed by atoms with E-state index in [1.54, 1.807) is 6.20 Å². The molecule has 10 heteroatoms. The first-order chi connectivity index (χ1) is 20.2. The van der Waals surface area contributed by atoms with Crippen molar-refractivity contribution in [1.82, 2.24) is 19.9 Å². The Bertz CT molecular complexity index is 1300. The first kappa shape index (κ1) is 31.6. The van der Waals surface area contributed by atoms with Crippen LogP contribution in [0.5, 0.6) is 0 Å². The van der Waals surface area contributed by atoms with Crippen LogP contribution in [0, 0.1) is 0 Å². The molecule has 3 aromatic rings. The number of benzene rings is 1. The number of rotatable bonds is 15. The lowest BCUT2D eigenvalue weighted by Crippen LogP contribution is -2.41. The van der Waals surface area contributed by atoms with E-state index in [1.165, 1.54) is 12.7 Å². The molecule has 2 aromatic heterocycles. The summed E-state index contributed by atoms with van der Waals surface area (Å²) in [6.07, 6.45) is 5.81. The first-order valence-corrected chi connectivity index (χ1v) is 15.0. The third kappa shape index (κ3) is 9.87. The van der Waals surface area contributed by atoms with Gasteiger partial charge in [-0.05, 0) is 89.6 Å². The summed E-state index contributed by atoms with van der Waals surface area (Å²) in [7, 11) is 1.50. The third-order valence-electron chi connectivity index (χ3n) is 7.11. The molecule has 0 saturated carbocycles. The van der Waals surface area contributed by atoms with Crippen molar-refractivity contribution in [1.29, 1.82) is 0 Å². The highest BCUT2D eigenvalue weighted by atomic mass is 19.1. The second-order valence-electron chi connectivity index (χ2n) is 11.9. The van der Waals surface area contributed by atoms with E-state index in [2.05, 4.69) is 37.6 Å². The molecule has 0 amide bonds. The molecule has 9 nitrogen and oxygen atoms in total. The van der Waals surface area contributed by atoms with Crippen LogP contribution in [0.25, 0.3) is 11.0 Å². The number of para-hydroxylation sites is 2. The molecule has 0 spiro atoms. The fourth-order valence-electron chi connectivity index (χ4n) is 5.10. The van der Waals surface area contributed by atoms with Gasteiger partial charge in [-0.2, -0.15) is 0 Å². The normalized spacial score (nSPS) is 14.7. The standard InChI is InChI=1S/C32H45FN6O3/c1-32(2,3)42-31(40)28(38-29-20-35-26-12-5-6-13-27(26)37-29)16-19-39(21-24(33)22-41-4)18-8-7-11-25-15-14-23-10-9-17-34-30(23)36-25/h5-6,12-15,20,24,28H,7-11,16-19,21-22H2,1-4H3,(H,34,36)(H,37,38). The van der Waals surface area contributed by atoms with Gasteiger partial charge in [0.1, 0.15) is 29.5 Å². The zero-order chi connectivity index (χ0) is 30.0. The maximum atomic E-state index is 14.7. The summed E-state index contributed by atoms with van der Waals surface area (Å²) in [5, 5.41) is 6.63. The number of fused-ring (bicyclic) bond motifs is 2. The zero-order valence-electron chi connectivity index (χ0n) is 25.4. The molecule has 2 atom stereocenters. The summed E-state index contributed by atoms with van der Waals surface area (Å²) in [4.78, 5) is 29.2. The van der Waals surface area contributed by atoms with Crippen LogP contribution in [0.1, 0.15) is 57.7 Å². The molecule has 0 bridgehead atoms. The second kappa shape index (κ2) is 15.2. The molecular weight excluding hydrogens is 535 g/mol. The van der Waals surface area contributed by atoms with E-state index in [-0.39, 0.29) is 19.1 Å². The zero-order valence-corrected chi connectivity index (χ0v) is 25.4. The molecule has 4 rings (SSSR count). The Labute approximate surface area is 248 Å². The molecule has 2 unspecified atom stereocenters. The van der Waals surface area contributed by atoms with E-state index >= 15 is 0 Å². The minimum atomic E-state index is -1.12. The fraction of sp³-hybridized carbons (Fsp3) is 0.562. The molecule has 1 aliphatic rings. The van der Waals surface area contributed by atoms with Crippen LogP contribution < -0.4 is 10.6 Å². The second-order valence-corrected chi connectivity index (χ2v) is 11.9. The van der Waals surface area contributed by atoms with Gasteiger partial charge < -0.3 is 25.0 Å². The number of anilines is 2. The number of alkyl halides is 1. The Morgan fingerprint density at radius 3 is 2.71 bits per heavy atom. The Balaban J connectivity index is 1.38. The number of nitrogens with one attached hydrogen (secondary N) is 2. The summed E-state index contributed by atoms with van der Waals surface area (Å²) in [5.74, 6) is 1.13. The summed E-state index contributed by atoms with van der Waals surface area (Å²) < 4.78 is 25.5. The number of esters is 1. The van der Waals surface area contributed by atoms with Gasteiger partial charge in [0.25, 0.3) is 0 Å². The average Bonchev–Trinajstić information content (AvgIpc) is 2.96. The molecule has 0 fully saturated rings. The Hall–Kier alpha value is -3.37. The molecule has 2 N–H and O–H groups in total. The number of hydrogen-bond acceptors (Lipinski definition) is 9. The number of carbonyl (C=O) groups is 1. The Kier molecular flexibility index (Phi) is 11.4. The Morgan fingerprint density at radius 1 is 1.12 bits per heavy atom. The molecule has 1 aromatic carbocycles. The first-order valence-electron chi connectivity index (χ1n) is 15.0. The van der Waals surface area contributed by atoms with Crippen molar-refractivity contribution < 1.29 is 18.7 Å². The van der Waals surface area contributed by atoms with E-state index in [9.17, 15) is 9.18 Å². The van der Waals surface area contributed by atoms with E-state index < -0.39 is 17.8 Å². The highest BCUT2D eigenvalue weighted by Crippen LogP contribution is 2.21. The van der Waals surface area contributed by atoms with Crippen LogP contribution in [0.3, 0.4) is 0 Å². The van der Waals surface area contributed by atoms with Gasteiger partial charge in [-0.15, -0.1) is 0 Å². The van der Waals surface area contributed by atoms with Gasteiger partial charge >= 0.3 is 5.97 Å². The lowest BCUT2D eigenvalue weighted by Gasteiger charge is -2.28. The van der Waals surface area contributed by atoms with Gasteiger partial charge in [0.05, 0.1) is 23.8 Å². The van der Waals surface area contributed by atoms with Gasteiger partial charge in [0.15, 0.2) is 0 Å². The number of nitrogens with zero attached hydrogens (tertiary/aromatic N) is 4. The van der Waals surface area contributed by atoms with Gasteiger partial charge in [0, 0.05) is 32.4 Å². The van der Waals surface area contributed by atoms with E-state index in [0.717, 1.165) is 61.2 Å². The van der Waals surface area contributed by atoms with Crippen LogP contribution in [-0.4, -0.2) is 83.5 Å². The number of ether oxygens (including phenoxy) is 2. The van der Waals surface area contributed by atoms with Crippen molar-refractivity contribution in [3.8, 4) is 0 Å². The number of aryl methyl sites for hydroxylation is 2. The lowest BCUT2D eigenvalue weighted by atomic mass is 10.1. The molecule has 42 heavy (non-hydrogen) atoms. The number of aromatic nitrogens is 3. The Morgan fingerprint density at radius 2 is 1.93 bits per heavy atom. The van der Waals surface area contributed by atoms with Gasteiger partial charge in [0.2, 0.25) is 0 Å².